The smallest absolute Gasteiger partial charge is 0.244 e. The third-order valence-corrected chi connectivity index (χ3v) is 6.51. The summed E-state index contributed by atoms with van der Waals surface area (Å²) < 4.78 is 26.0. The van der Waals surface area contributed by atoms with Gasteiger partial charge in [0.2, 0.25) is 21.8 Å². The number of rotatable bonds is 9. The maximum Gasteiger partial charge on any atom is 0.244 e. The Balaban J connectivity index is 2.43. The predicted molar refractivity (Wildman–Crippen MR) is 129 cm³/mol. The molecule has 174 valence electrons. The number of amides is 2. The van der Waals surface area contributed by atoms with Crippen molar-refractivity contribution < 1.29 is 18.0 Å². The lowest BCUT2D eigenvalue weighted by molar-refractivity contribution is -0.139. The van der Waals surface area contributed by atoms with E-state index in [0.717, 1.165) is 21.7 Å². The monoisotopic (exact) mass is 499 g/mol. The summed E-state index contributed by atoms with van der Waals surface area (Å²) in [5.74, 6) is -0.861. The minimum atomic E-state index is -3.85. The van der Waals surface area contributed by atoms with Crippen molar-refractivity contribution in [1.82, 2.24) is 10.2 Å². The van der Waals surface area contributed by atoms with Gasteiger partial charge in [0.1, 0.15) is 12.6 Å². The first-order valence-electron chi connectivity index (χ1n) is 9.99. The normalized spacial score (nSPS) is 12.2. The van der Waals surface area contributed by atoms with E-state index in [1.165, 1.54) is 23.1 Å². The van der Waals surface area contributed by atoms with Crippen molar-refractivity contribution in [2.24, 2.45) is 0 Å². The fourth-order valence-electron chi connectivity index (χ4n) is 3.17. The Kier molecular flexibility index (Phi) is 8.95. The Morgan fingerprint density at radius 1 is 1.09 bits per heavy atom. The van der Waals surface area contributed by atoms with Gasteiger partial charge in [-0.3, -0.25) is 13.9 Å². The molecule has 32 heavy (non-hydrogen) atoms. The highest BCUT2D eigenvalue weighted by Gasteiger charge is 2.30. The molecule has 1 atom stereocenters. The fraction of sp³-hybridized carbons (Fsp3) is 0.364. The Hall–Kier alpha value is -2.29. The summed E-state index contributed by atoms with van der Waals surface area (Å²) in [6.45, 7) is 5.36. The average molecular weight is 500 g/mol. The van der Waals surface area contributed by atoms with Crippen LogP contribution in [-0.2, 0) is 26.2 Å². The SMILES string of the molecule is CCNC(=O)[C@H](C)N(Cc1ccccc1C)C(=O)CN(c1cc(Cl)cc(Cl)c1)S(C)(=O)=O. The number of sulfonamides is 1. The molecule has 0 aliphatic carbocycles. The van der Waals surface area contributed by atoms with E-state index in [9.17, 15) is 18.0 Å². The molecule has 2 aromatic rings. The van der Waals surface area contributed by atoms with Crippen LogP contribution in [0.1, 0.15) is 25.0 Å². The van der Waals surface area contributed by atoms with Gasteiger partial charge in [0, 0.05) is 23.1 Å². The first-order chi connectivity index (χ1) is 14.9. The van der Waals surface area contributed by atoms with Crippen LogP contribution in [0.5, 0.6) is 0 Å². The topological polar surface area (TPSA) is 86.8 Å². The summed E-state index contributed by atoms with van der Waals surface area (Å²) in [5, 5.41) is 3.19. The van der Waals surface area contributed by atoms with Crippen LogP contribution in [0, 0.1) is 6.92 Å². The van der Waals surface area contributed by atoms with Crippen LogP contribution in [0.4, 0.5) is 5.69 Å². The maximum atomic E-state index is 13.4. The Bertz CT molecular complexity index is 1070. The van der Waals surface area contributed by atoms with Crippen molar-refractivity contribution >= 4 is 50.7 Å². The Morgan fingerprint density at radius 2 is 1.69 bits per heavy atom. The summed E-state index contributed by atoms with van der Waals surface area (Å²) in [6, 6.07) is 11.0. The quantitative estimate of drug-likeness (QED) is 0.570. The molecule has 0 radical (unpaired) electrons. The number of aryl methyl sites for hydroxylation is 1. The molecule has 2 rings (SSSR count). The molecule has 0 aliphatic rings. The zero-order valence-corrected chi connectivity index (χ0v) is 20.8. The van der Waals surface area contributed by atoms with Gasteiger partial charge < -0.3 is 10.2 Å². The zero-order valence-electron chi connectivity index (χ0n) is 18.4. The molecule has 1 N–H and O–H groups in total. The second-order valence-corrected chi connectivity index (χ2v) is 10.2. The van der Waals surface area contributed by atoms with Crippen LogP contribution in [0.25, 0.3) is 0 Å². The molecule has 10 heteroatoms. The molecule has 7 nitrogen and oxygen atoms in total. The van der Waals surface area contributed by atoms with Gasteiger partial charge in [-0.15, -0.1) is 0 Å². The van der Waals surface area contributed by atoms with E-state index in [2.05, 4.69) is 5.32 Å². The summed E-state index contributed by atoms with van der Waals surface area (Å²) in [7, 11) is -3.85. The second kappa shape index (κ2) is 11.0. The molecule has 0 spiro atoms. The molecule has 0 heterocycles. The molecular weight excluding hydrogens is 473 g/mol. The summed E-state index contributed by atoms with van der Waals surface area (Å²) >= 11 is 12.1. The summed E-state index contributed by atoms with van der Waals surface area (Å²) in [5.41, 5.74) is 1.98. The van der Waals surface area contributed by atoms with Crippen LogP contribution in [0.15, 0.2) is 42.5 Å². The largest absolute Gasteiger partial charge is 0.355 e. The van der Waals surface area contributed by atoms with E-state index >= 15 is 0 Å². The molecule has 0 bridgehead atoms. The maximum absolute atomic E-state index is 13.4. The fourth-order valence-corrected chi connectivity index (χ4v) is 4.52. The standard InChI is InChI=1S/C22H27Cl2N3O4S/c1-5-25-22(29)16(3)26(13-17-9-7-6-8-15(17)2)21(28)14-27(32(4,30)31)20-11-18(23)10-19(24)12-20/h6-12,16H,5,13-14H2,1-4H3,(H,25,29)/t16-/m0/s1. The number of benzene rings is 2. The minimum Gasteiger partial charge on any atom is -0.355 e. The summed E-state index contributed by atoms with van der Waals surface area (Å²) in [4.78, 5) is 27.3. The lowest BCUT2D eigenvalue weighted by Crippen LogP contribution is -2.51. The Morgan fingerprint density at radius 3 is 2.22 bits per heavy atom. The van der Waals surface area contributed by atoms with E-state index < -0.39 is 28.5 Å². The van der Waals surface area contributed by atoms with Crippen molar-refractivity contribution in [2.45, 2.75) is 33.4 Å². The number of nitrogens with zero attached hydrogens (tertiary/aromatic N) is 2. The number of carbonyl (C=O) groups is 2. The number of likely N-dealkylation sites (N-methyl/N-ethyl adjacent to an activating group) is 1. The van der Waals surface area contributed by atoms with Crippen LogP contribution in [-0.4, -0.2) is 50.5 Å². The highest BCUT2D eigenvalue weighted by atomic mass is 35.5. The third kappa shape index (κ3) is 6.85. The number of nitrogens with one attached hydrogen (secondary N) is 1. The number of hydrogen-bond acceptors (Lipinski definition) is 4. The van der Waals surface area contributed by atoms with Gasteiger partial charge in [-0.25, -0.2) is 8.42 Å². The van der Waals surface area contributed by atoms with Gasteiger partial charge in [-0.2, -0.15) is 0 Å². The number of halogens is 2. The van der Waals surface area contributed by atoms with Gasteiger partial charge in [0.15, 0.2) is 0 Å². The Labute approximate surface area is 199 Å². The minimum absolute atomic E-state index is 0.151. The number of hydrogen-bond donors (Lipinski definition) is 1. The van der Waals surface area contributed by atoms with Crippen molar-refractivity contribution in [3.8, 4) is 0 Å². The first-order valence-corrected chi connectivity index (χ1v) is 12.6. The van der Waals surface area contributed by atoms with Crippen molar-refractivity contribution in [3.63, 3.8) is 0 Å². The molecule has 2 amide bonds. The van der Waals surface area contributed by atoms with Gasteiger partial charge in [-0.1, -0.05) is 47.5 Å². The molecule has 0 unspecified atom stereocenters. The predicted octanol–water partition coefficient (Wildman–Crippen LogP) is 3.62. The summed E-state index contributed by atoms with van der Waals surface area (Å²) in [6.07, 6.45) is 0.994. The van der Waals surface area contributed by atoms with Gasteiger partial charge >= 0.3 is 0 Å². The zero-order chi connectivity index (χ0) is 24.1. The van der Waals surface area contributed by atoms with E-state index in [4.69, 9.17) is 23.2 Å². The van der Waals surface area contributed by atoms with Crippen molar-refractivity contribution in [2.75, 3.05) is 23.7 Å². The van der Waals surface area contributed by atoms with Crippen LogP contribution < -0.4 is 9.62 Å². The lowest BCUT2D eigenvalue weighted by Gasteiger charge is -2.31. The highest BCUT2D eigenvalue weighted by Crippen LogP contribution is 2.27. The van der Waals surface area contributed by atoms with E-state index in [0.29, 0.717) is 6.54 Å². The molecular formula is C22H27Cl2N3O4S. The molecule has 2 aromatic carbocycles. The van der Waals surface area contributed by atoms with E-state index in [1.807, 2.05) is 31.2 Å². The molecule has 0 saturated heterocycles. The van der Waals surface area contributed by atoms with Gasteiger partial charge in [0.25, 0.3) is 0 Å². The molecule has 0 fully saturated rings. The average Bonchev–Trinajstić information content (AvgIpc) is 2.69. The van der Waals surface area contributed by atoms with E-state index in [-0.39, 0.29) is 28.2 Å². The first kappa shape index (κ1) is 26.0. The van der Waals surface area contributed by atoms with Crippen molar-refractivity contribution in [1.29, 1.82) is 0 Å². The highest BCUT2D eigenvalue weighted by molar-refractivity contribution is 7.92. The van der Waals surface area contributed by atoms with Crippen LogP contribution in [0.3, 0.4) is 0 Å². The van der Waals surface area contributed by atoms with Gasteiger partial charge in [0.05, 0.1) is 11.9 Å². The lowest BCUT2D eigenvalue weighted by atomic mass is 10.1. The molecule has 0 saturated carbocycles. The van der Waals surface area contributed by atoms with Crippen LogP contribution >= 0.6 is 23.2 Å². The molecule has 0 aliphatic heterocycles. The number of anilines is 1. The third-order valence-electron chi connectivity index (χ3n) is 4.93. The van der Waals surface area contributed by atoms with Gasteiger partial charge in [-0.05, 0) is 50.1 Å². The van der Waals surface area contributed by atoms with Crippen molar-refractivity contribution in [3.05, 3.63) is 63.6 Å². The van der Waals surface area contributed by atoms with Crippen LogP contribution in [0.2, 0.25) is 10.0 Å². The second-order valence-electron chi connectivity index (χ2n) is 7.42. The number of carbonyl (C=O) groups excluding carboxylic acids is 2. The molecule has 0 aromatic heterocycles. The van der Waals surface area contributed by atoms with E-state index in [1.54, 1.807) is 13.8 Å².